The lowest BCUT2D eigenvalue weighted by Crippen LogP contribution is -2.08. The Bertz CT molecular complexity index is 872. The van der Waals surface area contributed by atoms with Crippen molar-refractivity contribution in [2.75, 3.05) is 0 Å². The Morgan fingerprint density at radius 3 is 2.42 bits per heavy atom. The zero-order valence-electron chi connectivity index (χ0n) is 12.0. The number of rotatable bonds is 2. The van der Waals surface area contributed by atoms with Gasteiger partial charge in [0.05, 0.1) is 11.1 Å². The van der Waals surface area contributed by atoms with Crippen LogP contribution in [0.5, 0.6) is 0 Å². The number of halogens is 4. The lowest BCUT2D eigenvalue weighted by Gasteiger charge is -2.09. The lowest BCUT2D eigenvalue weighted by molar-refractivity contribution is -0.137. The highest BCUT2D eigenvalue weighted by Gasteiger charge is 2.33. The molecule has 1 aliphatic heterocycles. The standard InChI is InChI=1S/C17H9BrF3NO2/c18-13-8-4-2-6-11(13)15-22-14(16(23)24-15)9-10-5-1-3-7-12(10)17(19,20)21/h1-9H/b14-9+. The second-order valence-corrected chi connectivity index (χ2v) is 5.76. The minimum Gasteiger partial charge on any atom is -0.402 e. The van der Waals surface area contributed by atoms with Gasteiger partial charge in [-0.05, 0) is 45.8 Å². The summed E-state index contributed by atoms with van der Waals surface area (Å²) in [5.74, 6) is -0.749. The number of carbonyl (C=O) groups is 1. The molecular formula is C17H9BrF3NO2. The molecule has 0 radical (unpaired) electrons. The van der Waals surface area contributed by atoms with E-state index in [4.69, 9.17) is 4.74 Å². The fraction of sp³-hybridized carbons (Fsp3) is 0.0588. The van der Waals surface area contributed by atoms with E-state index in [2.05, 4.69) is 20.9 Å². The number of carbonyl (C=O) groups excluding carboxylic acids is 1. The van der Waals surface area contributed by atoms with Crippen molar-refractivity contribution >= 4 is 33.9 Å². The molecule has 1 heterocycles. The summed E-state index contributed by atoms with van der Waals surface area (Å²) in [6.45, 7) is 0. The summed E-state index contributed by atoms with van der Waals surface area (Å²) in [5, 5.41) is 0. The van der Waals surface area contributed by atoms with Crippen molar-refractivity contribution in [2.24, 2.45) is 4.99 Å². The molecule has 0 atom stereocenters. The molecule has 0 spiro atoms. The van der Waals surface area contributed by atoms with Crippen LogP contribution < -0.4 is 0 Å². The van der Waals surface area contributed by atoms with Gasteiger partial charge in [-0.25, -0.2) is 9.79 Å². The highest BCUT2D eigenvalue weighted by Crippen LogP contribution is 2.33. The number of cyclic esters (lactones) is 1. The fourth-order valence-corrected chi connectivity index (χ4v) is 2.64. The quantitative estimate of drug-likeness (QED) is 0.540. The lowest BCUT2D eigenvalue weighted by atomic mass is 10.1. The minimum atomic E-state index is -4.52. The van der Waals surface area contributed by atoms with Gasteiger partial charge in [0.25, 0.3) is 0 Å². The summed E-state index contributed by atoms with van der Waals surface area (Å²) in [5.41, 5.74) is -0.625. The molecule has 2 aromatic carbocycles. The predicted molar refractivity (Wildman–Crippen MR) is 86.2 cm³/mol. The molecule has 0 aromatic heterocycles. The zero-order chi connectivity index (χ0) is 17.3. The van der Waals surface area contributed by atoms with Crippen LogP contribution in [0.3, 0.4) is 0 Å². The molecule has 122 valence electrons. The Labute approximate surface area is 143 Å². The van der Waals surface area contributed by atoms with Crippen LogP contribution in [-0.2, 0) is 15.7 Å². The van der Waals surface area contributed by atoms with E-state index >= 15 is 0 Å². The van der Waals surface area contributed by atoms with Gasteiger partial charge in [0, 0.05) is 4.47 Å². The summed E-state index contributed by atoms with van der Waals surface area (Å²) in [6.07, 6.45) is -3.44. The van der Waals surface area contributed by atoms with Gasteiger partial charge in [0.2, 0.25) is 5.90 Å². The topological polar surface area (TPSA) is 38.7 Å². The summed E-state index contributed by atoms with van der Waals surface area (Å²) in [7, 11) is 0. The molecule has 0 saturated carbocycles. The fourth-order valence-electron chi connectivity index (χ4n) is 2.19. The molecule has 0 unspecified atom stereocenters. The normalized spacial score (nSPS) is 16.2. The molecule has 3 rings (SSSR count). The Hall–Kier alpha value is -2.41. The van der Waals surface area contributed by atoms with Crippen molar-refractivity contribution in [1.29, 1.82) is 0 Å². The van der Waals surface area contributed by atoms with Gasteiger partial charge < -0.3 is 4.74 Å². The van der Waals surface area contributed by atoms with Crippen LogP contribution in [0.25, 0.3) is 6.08 Å². The Balaban J connectivity index is 2.03. The molecule has 0 saturated heterocycles. The van der Waals surface area contributed by atoms with Crippen LogP contribution in [0.1, 0.15) is 16.7 Å². The first-order valence-corrected chi connectivity index (χ1v) is 7.59. The number of aliphatic imine (C=N–C) groups is 1. The Morgan fingerprint density at radius 2 is 1.71 bits per heavy atom. The first-order chi connectivity index (χ1) is 11.4. The van der Waals surface area contributed by atoms with E-state index in [1.54, 1.807) is 24.3 Å². The molecular weight excluding hydrogens is 387 g/mol. The van der Waals surface area contributed by atoms with Crippen LogP contribution in [0.2, 0.25) is 0 Å². The SMILES string of the molecule is O=C1OC(c2ccccc2Br)=N/C1=C/c1ccccc1C(F)(F)F. The average Bonchev–Trinajstić information content (AvgIpc) is 2.88. The molecule has 0 fully saturated rings. The second kappa shape index (κ2) is 6.24. The third-order valence-electron chi connectivity index (χ3n) is 3.28. The summed E-state index contributed by atoms with van der Waals surface area (Å²) in [4.78, 5) is 16.0. The monoisotopic (exact) mass is 395 g/mol. The molecule has 0 amide bonds. The van der Waals surface area contributed by atoms with E-state index in [0.717, 1.165) is 12.1 Å². The number of benzene rings is 2. The number of alkyl halides is 3. The minimum absolute atomic E-state index is 0.0446. The molecule has 0 bridgehead atoms. The van der Waals surface area contributed by atoms with Gasteiger partial charge in [-0.15, -0.1) is 0 Å². The molecule has 0 N–H and O–H groups in total. The summed E-state index contributed by atoms with van der Waals surface area (Å²) in [6, 6.07) is 11.9. The van der Waals surface area contributed by atoms with Crippen molar-refractivity contribution in [3.05, 3.63) is 75.4 Å². The molecule has 7 heteroatoms. The highest BCUT2D eigenvalue weighted by atomic mass is 79.9. The first-order valence-electron chi connectivity index (χ1n) is 6.80. The summed E-state index contributed by atoms with van der Waals surface area (Å²) >= 11 is 3.31. The average molecular weight is 396 g/mol. The number of nitrogens with zero attached hydrogens (tertiary/aromatic N) is 1. The van der Waals surface area contributed by atoms with E-state index in [9.17, 15) is 18.0 Å². The van der Waals surface area contributed by atoms with E-state index < -0.39 is 17.7 Å². The van der Waals surface area contributed by atoms with Crippen LogP contribution in [-0.4, -0.2) is 11.9 Å². The molecule has 0 aliphatic carbocycles. The molecule has 2 aromatic rings. The van der Waals surface area contributed by atoms with Crippen molar-refractivity contribution in [3.63, 3.8) is 0 Å². The Kier molecular flexibility index (Phi) is 4.28. The van der Waals surface area contributed by atoms with Crippen molar-refractivity contribution in [2.45, 2.75) is 6.18 Å². The van der Waals surface area contributed by atoms with Gasteiger partial charge in [0.15, 0.2) is 5.70 Å². The smallest absolute Gasteiger partial charge is 0.402 e. The predicted octanol–water partition coefficient (Wildman–Crippen LogP) is 4.81. The van der Waals surface area contributed by atoms with Gasteiger partial charge in [-0.1, -0.05) is 30.3 Å². The third-order valence-corrected chi connectivity index (χ3v) is 3.97. The molecule has 1 aliphatic rings. The maximum absolute atomic E-state index is 13.0. The second-order valence-electron chi connectivity index (χ2n) is 4.90. The van der Waals surface area contributed by atoms with Crippen molar-refractivity contribution in [1.82, 2.24) is 0 Å². The molecule has 3 nitrogen and oxygen atoms in total. The first kappa shape index (κ1) is 16.4. The maximum Gasteiger partial charge on any atom is 0.416 e. The number of hydrogen-bond donors (Lipinski definition) is 0. The largest absolute Gasteiger partial charge is 0.416 e. The Morgan fingerprint density at radius 1 is 1.04 bits per heavy atom. The van der Waals surface area contributed by atoms with E-state index in [0.29, 0.717) is 10.0 Å². The van der Waals surface area contributed by atoms with Gasteiger partial charge in [-0.3, -0.25) is 0 Å². The van der Waals surface area contributed by atoms with Gasteiger partial charge >= 0.3 is 12.1 Å². The van der Waals surface area contributed by atoms with Crippen LogP contribution in [0.4, 0.5) is 13.2 Å². The zero-order valence-corrected chi connectivity index (χ0v) is 13.6. The molecule has 24 heavy (non-hydrogen) atoms. The van der Waals surface area contributed by atoms with Gasteiger partial charge in [0.1, 0.15) is 0 Å². The van der Waals surface area contributed by atoms with E-state index in [-0.39, 0.29) is 17.2 Å². The van der Waals surface area contributed by atoms with Crippen LogP contribution in [0.15, 0.2) is 63.7 Å². The maximum atomic E-state index is 13.0. The van der Waals surface area contributed by atoms with Crippen molar-refractivity contribution in [3.8, 4) is 0 Å². The van der Waals surface area contributed by atoms with Gasteiger partial charge in [-0.2, -0.15) is 13.2 Å². The highest BCUT2D eigenvalue weighted by molar-refractivity contribution is 9.10. The summed E-state index contributed by atoms with van der Waals surface area (Å²) < 4.78 is 44.8. The number of esters is 1. The van der Waals surface area contributed by atoms with E-state index in [1.165, 1.54) is 18.2 Å². The number of hydrogen-bond acceptors (Lipinski definition) is 3. The third kappa shape index (κ3) is 3.26. The van der Waals surface area contributed by atoms with Crippen molar-refractivity contribution < 1.29 is 22.7 Å². The van der Waals surface area contributed by atoms with E-state index in [1.807, 2.05) is 0 Å². The number of ether oxygens (including phenoxy) is 1. The van der Waals surface area contributed by atoms with Crippen LogP contribution in [0, 0.1) is 0 Å². The van der Waals surface area contributed by atoms with Crippen LogP contribution >= 0.6 is 15.9 Å².